The number of hydrogen-bond donors (Lipinski definition) is 1. The van der Waals surface area contributed by atoms with Crippen LogP contribution in [0.5, 0.6) is 0 Å². The van der Waals surface area contributed by atoms with Crippen molar-refractivity contribution in [3.63, 3.8) is 0 Å². The Bertz CT molecular complexity index is 469. The number of rotatable bonds is 6. The first-order chi connectivity index (χ1) is 9.19. The van der Waals surface area contributed by atoms with E-state index in [4.69, 9.17) is 11.5 Å². The topological polar surface area (TPSA) is 58.4 Å². The van der Waals surface area contributed by atoms with Crippen LogP contribution in [0.25, 0.3) is 0 Å². The van der Waals surface area contributed by atoms with Gasteiger partial charge in [-0.3, -0.25) is 14.4 Å². The number of carbonyl (C=O) groups is 1. The number of carboxylic acids is 1. The first kappa shape index (κ1) is 13.6. The number of aliphatic carboxylic acids is 1. The minimum Gasteiger partial charge on any atom is -0.480 e. The van der Waals surface area contributed by atoms with Gasteiger partial charge in [-0.1, -0.05) is 18.8 Å². The highest BCUT2D eigenvalue weighted by molar-refractivity contribution is 5.69. The van der Waals surface area contributed by atoms with Crippen LogP contribution in [-0.2, 0) is 11.3 Å². The summed E-state index contributed by atoms with van der Waals surface area (Å²) in [6.45, 7) is 0.749. The fourth-order valence-corrected chi connectivity index (χ4v) is 2.55. The van der Waals surface area contributed by atoms with E-state index < -0.39 is 5.97 Å². The molecule has 5 nitrogen and oxygen atoms in total. The zero-order valence-corrected chi connectivity index (χ0v) is 11.0. The van der Waals surface area contributed by atoms with Gasteiger partial charge in [-0.15, -0.1) is 6.42 Å². The Morgan fingerprint density at radius 2 is 2.32 bits per heavy atom. The lowest BCUT2D eigenvalue weighted by Crippen LogP contribution is -2.30. The van der Waals surface area contributed by atoms with Crippen molar-refractivity contribution in [3.8, 4) is 12.3 Å². The summed E-state index contributed by atoms with van der Waals surface area (Å²) in [6.07, 6.45) is 12.1. The molecule has 102 valence electrons. The van der Waals surface area contributed by atoms with Crippen LogP contribution in [-0.4, -0.2) is 38.8 Å². The summed E-state index contributed by atoms with van der Waals surface area (Å²) in [6, 6.07) is 2.46. The SMILES string of the molecule is C#CCN(CC(=O)O)Cc1ccn(C2CCCC2)n1. The first-order valence-corrected chi connectivity index (χ1v) is 6.60. The van der Waals surface area contributed by atoms with Gasteiger partial charge in [-0.05, 0) is 18.9 Å². The second kappa shape index (κ2) is 6.39. The number of terminal acetylenes is 1. The zero-order chi connectivity index (χ0) is 13.7. The molecule has 1 aromatic rings. The summed E-state index contributed by atoms with van der Waals surface area (Å²) in [5.41, 5.74) is 0.878. The van der Waals surface area contributed by atoms with Crippen molar-refractivity contribution in [3.05, 3.63) is 18.0 Å². The van der Waals surface area contributed by atoms with Crippen molar-refractivity contribution < 1.29 is 9.90 Å². The highest BCUT2D eigenvalue weighted by Crippen LogP contribution is 2.28. The van der Waals surface area contributed by atoms with Gasteiger partial charge in [0.25, 0.3) is 0 Å². The lowest BCUT2D eigenvalue weighted by atomic mass is 10.3. The highest BCUT2D eigenvalue weighted by Gasteiger charge is 2.18. The Morgan fingerprint density at radius 1 is 1.58 bits per heavy atom. The number of carboxylic acid groups (broad SMARTS) is 1. The minimum atomic E-state index is -0.870. The predicted molar refractivity (Wildman–Crippen MR) is 71.5 cm³/mol. The molecule has 1 N–H and O–H groups in total. The molecule has 0 saturated heterocycles. The Balaban J connectivity index is 1.97. The fourth-order valence-electron chi connectivity index (χ4n) is 2.55. The van der Waals surface area contributed by atoms with Crippen molar-refractivity contribution in [2.75, 3.05) is 13.1 Å². The van der Waals surface area contributed by atoms with E-state index in [0.29, 0.717) is 19.1 Å². The van der Waals surface area contributed by atoms with E-state index in [1.807, 2.05) is 16.9 Å². The molecule has 0 aromatic carbocycles. The Hall–Kier alpha value is -1.80. The molecule has 2 rings (SSSR count). The molecule has 19 heavy (non-hydrogen) atoms. The standard InChI is InChI=1S/C14H19N3O2/c1-2-8-16(11-14(18)19)10-12-7-9-17(15-12)13-5-3-4-6-13/h1,7,9,13H,3-6,8,10-11H2,(H,18,19). The van der Waals surface area contributed by atoms with Gasteiger partial charge in [-0.2, -0.15) is 5.10 Å². The first-order valence-electron chi connectivity index (χ1n) is 6.60. The van der Waals surface area contributed by atoms with Crippen LogP contribution >= 0.6 is 0 Å². The third-order valence-corrected chi connectivity index (χ3v) is 3.42. The van der Waals surface area contributed by atoms with Crippen molar-refractivity contribution in [2.24, 2.45) is 0 Å². The molecule has 0 bridgehead atoms. The predicted octanol–water partition coefficient (Wildman–Crippen LogP) is 1.52. The third-order valence-electron chi connectivity index (χ3n) is 3.42. The molecular weight excluding hydrogens is 242 g/mol. The highest BCUT2D eigenvalue weighted by atomic mass is 16.4. The molecule has 0 spiro atoms. The van der Waals surface area contributed by atoms with E-state index in [1.54, 1.807) is 4.90 Å². The molecule has 1 aromatic heterocycles. The molecule has 0 amide bonds. The van der Waals surface area contributed by atoms with E-state index in [-0.39, 0.29) is 6.54 Å². The Morgan fingerprint density at radius 3 is 2.95 bits per heavy atom. The summed E-state index contributed by atoms with van der Waals surface area (Å²) in [7, 11) is 0. The van der Waals surface area contributed by atoms with E-state index in [1.165, 1.54) is 25.7 Å². The second-order valence-electron chi connectivity index (χ2n) is 4.97. The van der Waals surface area contributed by atoms with Crippen LogP contribution in [0.2, 0.25) is 0 Å². The quantitative estimate of drug-likeness (QED) is 0.789. The molecule has 1 aliphatic carbocycles. The molecule has 0 radical (unpaired) electrons. The van der Waals surface area contributed by atoms with Gasteiger partial charge in [0.15, 0.2) is 0 Å². The van der Waals surface area contributed by atoms with E-state index in [0.717, 1.165) is 5.69 Å². The third kappa shape index (κ3) is 3.83. The molecule has 0 aliphatic heterocycles. The summed E-state index contributed by atoms with van der Waals surface area (Å²) in [5.74, 6) is 1.61. The summed E-state index contributed by atoms with van der Waals surface area (Å²) >= 11 is 0. The molecule has 1 heterocycles. The average molecular weight is 261 g/mol. The lowest BCUT2D eigenvalue weighted by Gasteiger charge is -2.15. The monoisotopic (exact) mass is 261 g/mol. The van der Waals surface area contributed by atoms with Crippen molar-refractivity contribution in [1.82, 2.24) is 14.7 Å². The lowest BCUT2D eigenvalue weighted by molar-refractivity contribution is -0.138. The van der Waals surface area contributed by atoms with Gasteiger partial charge in [-0.25, -0.2) is 0 Å². The van der Waals surface area contributed by atoms with Gasteiger partial charge in [0.2, 0.25) is 0 Å². The van der Waals surface area contributed by atoms with Gasteiger partial charge < -0.3 is 5.11 Å². The van der Waals surface area contributed by atoms with Crippen LogP contribution in [0.1, 0.15) is 37.4 Å². The molecule has 1 fully saturated rings. The van der Waals surface area contributed by atoms with E-state index >= 15 is 0 Å². The number of nitrogens with zero attached hydrogens (tertiary/aromatic N) is 3. The normalized spacial score (nSPS) is 15.8. The average Bonchev–Trinajstić information content (AvgIpc) is 2.97. The van der Waals surface area contributed by atoms with Crippen LogP contribution in [0.3, 0.4) is 0 Å². The minimum absolute atomic E-state index is 0.0551. The van der Waals surface area contributed by atoms with Gasteiger partial charge in [0, 0.05) is 12.7 Å². The van der Waals surface area contributed by atoms with Gasteiger partial charge in [0.05, 0.1) is 24.8 Å². The molecule has 1 aliphatic rings. The molecule has 0 atom stereocenters. The maximum Gasteiger partial charge on any atom is 0.317 e. The smallest absolute Gasteiger partial charge is 0.317 e. The zero-order valence-electron chi connectivity index (χ0n) is 11.0. The second-order valence-corrected chi connectivity index (χ2v) is 4.97. The van der Waals surface area contributed by atoms with Crippen molar-refractivity contribution in [1.29, 1.82) is 0 Å². The Labute approximate surface area is 113 Å². The molecular formula is C14H19N3O2. The molecule has 5 heteroatoms. The number of aromatic nitrogens is 2. The van der Waals surface area contributed by atoms with E-state index in [9.17, 15) is 4.79 Å². The summed E-state index contributed by atoms with van der Waals surface area (Å²) < 4.78 is 2.01. The maximum absolute atomic E-state index is 10.8. The van der Waals surface area contributed by atoms with E-state index in [2.05, 4.69) is 11.0 Å². The number of hydrogen-bond acceptors (Lipinski definition) is 3. The molecule has 1 saturated carbocycles. The van der Waals surface area contributed by atoms with Crippen LogP contribution in [0.15, 0.2) is 12.3 Å². The maximum atomic E-state index is 10.8. The van der Waals surface area contributed by atoms with Gasteiger partial charge in [0.1, 0.15) is 0 Å². The summed E-state index contributed by atoms with van der Waals surface area (Å²) in [4.78, 5) is 12.5. The summed E-state index contributed by atoms with van der Waals surface area (Å²) in [5, 5.41) is 13.4. The fraction of sp³-hybridized carbons (Fsp3) is 0.571. The van der Waals surface area contributed by atoms with Crippen molar-refractivity contribution >= 4 is 5.97 Å². The van der Waals surface area contributed by atoms with Crippen LogP contribution < -0.4 is 0 Å². The van der Waals surface area contributed by atoms with Crippen molar-refractivity contribution in [2.45, 2.75) is 38.3 Å². The Kier molecular flexibility index (Phi) is 4.58. The largest absolute Gasteiger partial charge is 0.480 e. The van der Waals surface area contributed by atoms with Gasteiger partial charge >= 0.3 is 5.97 Å². The van der Waals surface area contributed by atoms with Crippen LogP contribution in [0, 0.1) is 12.3 Å². The molecule has 0 unspecified atom stereocenters. The van der Waals surface area contributed by atoms with Crippen LogP contribution in [0.4, 0.5) is 0 Å².